The fraction of sp³-hybridized carbons (Fsp3) is 0.529. The van der Waals surface area contributed by atoms with Gasteiger partial charge in [-0.25, -0.2) is 8.42 Å². The summed E-state index contributed by atoms with van der Waals surface area (Å²) in [4.78, 5) is 0. The second-order valence-corrected chi connectivity index (χ2v) is 10.3. The molecule has 1 aliphatic rings. The molecule has 0 saturated carbocycles. The number of ether oxygens (including phenoxy) is 1. The van der Waals surface area contributed by atoms with Crippen LogP contribution in [-0.4, -0.2) is 41.1 Å². The number of alkyl halides is 3. The van der Waals surface area contributed by atoms with Gasteiger partial charge in [0.2, 0.25) is 0 Å². The normalized spacial score (nSPS) is 20.2. The first-order valence-electron chi connectivity index (χ1n) is 8.63. The highest BCUT2D eigenvalue weighted by Crippen LogP contribution is 2.35. The molecule has 154 valence electrons. The van der Waals surface area contributed by atoms with E-state index in [9.17, 15) is 21.6 Å². The van der Waals surface area contributed by atoms with Crippen LogP contribution in [0.15, 0.2) is 29.4 Å². The Morgan fingerprint density at radius 2 is 1.96 bits per heavy atom. The molecular weight excluding hydrogens is 415 g/mol. The molecule has 0 bridgehead atoms. The number of hydrogen-bond donors (Lipinski definition) is 0. The molecule has 1 fully saturated rings. The van der Waals surface area contributed by atoms with Crippen molar-refractivity contribution in [2.24, 2.45) is 13.0 Å². The first kappa shape index (κ1) is 21.0. The lowest BCUT2D eigenvalue weighted by Gasteiger charge is -2.13. The summed E-state index contributed by atoms with van der Waals surface area (Å²) in [6.45, 7) is 1.92. The third-order valence-electron chi connectivity index (χ3n) is 4.59. The molecule has 6 nitrogen and oxygen atoms in total. The van der Waals surface area contributed by atoms with Crippen molar-refractivity contribution in [1.29, 1.82) is 0 Å². The topological polar surface area (TPSA) is 74.1 Å². The maximum atomic E-state index is 12.2. The minimum atomic E-state index is -4.71. The Morgan fingerprint density at radius 1 is 1.29 bits per heavy atom. The zero-order valence-electron chi connectivity index (χ0n) is 15.3. The maximum absolute atomic E-state index is 12.2. The third kappa shape index (κ3) is 5.40. The Bertz CT molecular complexity index is 927. The van der Waals surface area contributed by atoms with E-state index in [0.717, 1.165) is 11.4 Å². The number of sulfone groups is 1. The molecular formula is C17H20F3N3O3S2. The van der Waals surface area contributed by atoms with Crippen LogP contribution >= 0.6 is 11.8 Å². The molecule has 0 spiro atoms. The predicted octanol–water partition coefficient (Wildman–Crippen LogP) is 3.54. The average Bonchev–Trinajstić information content (AvgIpc) is 3.10. The van der Waals surface area contributed by atoms with E-state index in [2.05, 4.69) is 14.9 Å². The lowest BCUT2D eigenvalue weighted by molar-refractivity contribution is -0.274. The number of nitrogens with zero attached hydrogens (tertiary/aromatic N) is 3. The highest BCUT2D eigenvalue weighted by Gasteiger charge is 2.31. The van der Waals surface area contributed by atoms with E-state index in [1.54, 1.807) is 12.1 Å². The monoisotopic (exact) mass is 435 g/mol. The summed E-state index contributed by atoms with van der Waals surface area (Å²) in [6, 6.07) is 5.73. The Hall–Kier alpha value is -1.75. The summed E-state index contributed by atoms with van der Waals surface area (Å²) in [7, 11) is -1.11. The SMILES string of the molecule is CC(Sc1nnc(CC2CCS(=O)(=O)C2)n1C)c1ccc(OC(F)(F)F)cc1. The van der Waals surface area contributed by atoms with E-state index in [-0.39, 0.29) is 28.4 Å². The second kappa shape index (κ2) is 7.94. The van der Waals surface area contributed by atoms with Crippen molar-refractivity contribution in [1.82, 2.24) is 14.8 Å². The zero-order chi connectivity index (χ0) is 20.5. The van der Waals surface area contributed by atoms with Gasteiger partial charge in [0, 0.05) is 18.7 Å². The summed E-state index contributed by atoms with van der Waals surface area (Å²) in [5.74, 6) is 0.934. The molecule has 0 aliphatic carbocycles. The van der Waals surface area contributed by atoms with E-state index >= 15 is 0 Å². The van der Waals surface area contributed by atoms with Crippen LogP contribution in [0, 0.1) is 5.92 Å². The van der Waals surface area contributed by atoms with E-state index < -0.39 is 16.2 Å². The van der Waals surface area contributed by atoms with Gasteiger partial charge in [-0.1, -0.05) is 23.9 Å². The molecule has 28 heavy (non-hydrogen) atoms. The smallest absolute Gasteiger partial charge is 0.406 e. The van der Waals surface area contributed by atoms with Crippen molar-refractivity contribution in [3.05, 3.63) is 35.7 Å². The van der Waals surface area contributed by atoms with Crippen LogP contribution in [0.2, 0.25) is 0 Å². The van der Waals surface area contributed by atoms with E-state index in [1.165, 1.54) is 23.9 Å². The largest absolute Gasteiger partial charge is 0.573 e. The van der Waals surface area contributed by atoms with Gasteiger partial charge in [-0.3, -0.25) is 0 Å². The second-order valence-electron chi connectivity index (χ2n) is 6.81. The maximum Gasteiger partial charge on any atom is 0.573 e. The van der Waals surface area contributed by atoms with Gasteiger partial charge in [0.1, 0.15) is 11.6 Å². The number of halogens is 3. The summed E-state index contributed by atoms with van der Waals surface area (Å²) in [5, 5.41) is 8.96. The molecule has 3 rings (SSSR count). The van der Waals surface area contributed by atoms with Gasteiger partial charge in [0.05, 0.1) is 11.5 Å². The van der Waals surface area contributed by atoms with Crippen LogP contribution in [0.4, 0.5) is 13.2 Å². The number of aromatic nitrogens is 3. The Morgan fingerprint density at radius 3 is 2.54 bits per heavy atom. The van der Waals surface area contributed by atoms with Crippen molar-refractivity contribution >= 4 is 21.6 Å². The van der Waals surface area contributed by atoms with Gasteiger partial charge in [-0.05, 0) is 37.0 Å². The Kier molecular flexibility index (Phi) is 5.95. The van der Waals surface area contributed by atoms with Crippen molar-refractivity contribution in [2.75, 3.05) is 11.5 Å². The van der Waals surface area contributed by atoms with Gasteiger partial charge in [-0.2, -0.15) is 0 Å². The van der Waals surface area contributed by atoms with Gasteiger partial charge >= 0.3 is 6.36 Å². The Balaban J connectivity index is 1.63. The first-order chi connectivity index (χ1) is 13.0. The summed E-state index contributed by atoms with van der Waals surface area (Å²) < 4.78 is 65.7. The molecule has 0 N–H and O–H groups in total. The fourth-order valence-electron chi connectivity index (χ4n) is 3.08. The molecule has 1 aromatic carbocycles. The van der Waals surface area contributed by atoms with Crippen LogP contribution in [0.25, 0.3) is 0 Å². The summed E-state index contributed by atoms with van der Waals surface area (Å²) in [5.41, 5.74) is 0.825. The summed E-state index contributed by atoms with van der Waals surface area (Å²) >= 11 is 1.43. The molecule has 0 amide bonds. The molecule has 1 aliphatic heterocycles. The van der Waals surface area contributed by atoms with Crippen LogP contribution in [0.3, 0.4) is 0 Å². The number of rotatable bonds is 6. The molecule has 2 unspecified atom stereocenters. The van der Waals surface area contributed by atoms with Crippen molar-refractivity contribution < 1.29 is 26.3 Å². The van der Waals surface area contributed by atoms with Gasteiger partial charge in [-0.15, -0.1) is 23.4 Å². The van der Waals surface area contributed by atoms with Crippen molar-refractivity contribution in [2.45, 2.75) is 36.5 Å². The average molecular weight is 435 g/mol. The molecule has 2 aromatic rings. The zero-order valence-corrected chi connectivity index (χ0v) is 16.9. The van der Waals surface area contributed by atoms with E-state index in [4.69, 9.17) is 0 Å². The number of thioether (sulfide) groups is 1. The molecule has 0 radical (unpaired) electrons. The molecule has 1 aromatic heterocycles. The van der Waals surface area contributed by atoms with Gasteiger partial charge in [0.25, 0.3) is 0 Å². The molecule has 11 heteroatoms. The highest BCUT2D eigenvalue weighted by atomic mass is 32.2. The lowest BCUT2D eigenvalue weighted by atomic mass is 10.1. The molecule has 2 atom stereocenters. The van der Waals surface area contributed by atoms with Crippen LogP contribution < -0.4 is 4.74 Å². The number of hydrogen-bond acceptors (Lipinski definition) is 6. The molecule has 2 heterocycles. The predicted molar refractivity (Wildman–Crippen MR) is 98.9 cm³/mol. The molecule has 1 saturated heterocycles. The third-order valence-corrected chi connectivity index (χ3v) is 7.62. The standard InChI is InChI=1S/C17H20F3N3O3S2/c1-11(13-3-5-14(6-4-13)26-17(18,19)20)27-16-22-21-15(23(16)2)9-12-7-8-28(24,25)10-12/h3-6,11-12H,7-10H2,1-2H3. The van der Waals surface area contributed by atoms with E-state index in [1.807, 2.05) is 18.5 Å². The van der Waals surface area contributed by atoms with Crippen molar-refractivity contribution in [3.8, 4) is 5.75 Å². The van der Waals surface area contributed by atoms with Crippen LogP contribution in [0.5, 0.6) is 5.75 Å². The minimum absolute atomic E-state index is 0.0596. The van der Waals surface area contributed by atoms with Crippen LogP contribution in [0.1, 0.15) is 30.0 Å². The van der Waals surface area contributed by atoms with Gasteiger partial charge in [0.15, 0.2) is 15.0 Å². The van der Waals surface area contributed by atoms with Gasteiger partial charge < -0.3 is 9.30 Å². The Labute approximate surface area is 165 Å². The first-order valence-corrected chi connectivity index (χ1v) is 11.3. The number of benzene rings is 1. The van der Waals surface area contributed by atoms with E-state index in [0.29, 0.717) is 18.0 Å². The van der Waals surface area contributed by atoms with Crippen molar-refractivity contribution in [3.63, 3.8) is 0 Å². The summed E-state index contributed by atoms with van der Waals surface area (Å²) in [6.07, 6.45) is -3.52. The lowest BCUT2D eigenvalue weighted by Crippen LogP contribution is -2.17. The minimum Gasteiger partial charge on any atom is -0.406 e. The highest BCUT2D eigenvalue weighted by molar-refractivity contribution is 7.99. The van der Waals surface area contributed by atoms with Crippen LogP contribution in [-0.2, 0) is 23.3 Å². The fourth-order valence-corrected chi connectivity index (χ4v) is 5.91. The quantitative estimate of drug-likeness (QED) is 0.646.